The summed E-state index contributed by atoms with van der Waals surface area (Å²) >= 11 is 0. The Hall–Kier alpha value is -3.73. The van der Waals surface area contributed by atoms with Gasteiger partial charge in [-0.1, -0.05) is 39.3 Å². The number of hydrogen-bond donors (Lipinski definition) is 1. The molecular formula is C34H42O11. The van der Waals surface area contributed by atoms with Crippen molar-refractivity contribution in [1.29, 1.82) is 0 Å². The number of aliphatic hydroxyl groups is 1. The topological polar surface area (TPSA) is 156 Å². The summed E-state index contributed by atoms with van der Waals surface area (Å²) in [6, 6.07) is 1.75. The third kappa shape index (κ3) is 4.68. The van der Waals surface area contributed by atoms with Crippen LogP contribution in [0.15, 0.2) is 46.3 Å². The van der Waals surface area contributed by atoms with Crippen molar-refractivity contribution in [3.8, 4) is 0 Å². The van der Waals surface area contributed by atoms with Crippen molar-refractivity contribution in [3.05, 3.63) is 47.5 Å². The van der Waals surface area contributed by atoms with Gasteiger partial charge in [-0.2, -0.15) is 0 Å². The number of cyclic esters (lactones) is 1. The van der Waals surface area contributed by atoms with Gasteiger partial charge in [0.25, 0.3) is 0 Å². The summed E-state index contributed by atoms with van der Waals surface area (Å²) in [6.45, 7) is 11.4. The number of ether oxygens (including phenoxy) is 4. The molecule has 2 bridgehead atoms. The Balaban J connectivity index is 1.76. The second-order valence-electron chi connectivity index (χ2n) is 14.0. The number of rotatable bonds is 6. The molecule has 11 heteroatoms. The number of allylic oxidation sites excluding steroid dienone is 2. The van der Waals surface area contributed by atoms with Crippen molar-refractivity contribution in [2.45, 2.75) is 91.6 Å². The van der Waals surface area contributed by atoms with Crippen molar-refractivity contribution < 1.29 is 52.4 Å². The van der Waals surface area contributed by atoms with Crippen LogP contribution < -0.4 is 0 Å². The van der Waals surface area contributed by atoms with Crippen LogP contribution in [-0.2, 0) is 42.9 Å². The zero-order chi connectivity index (χ0) is 33.3. The third-order valence-corrected chi connectivity index (χ3v) is 11.1. The standard InChI is InChI=1S/C34H42O11/c1-9-17(2)27(37)45-30-31(4,5)25(24(28(38)41-8)43-18(3)35)33(7)21-10-12-32(6)22(20(21)15-34(30,40)29(33)39)14-23(36)44-26(32)19-11-13-42-16-19/h9,11,13,15-16,21-22,24-26,30,40H,10,12,14H2,1-8H3/b17-9+/t21?,22?,24-,25+,26+,30?,32-,33-,34+/m1/s1. The first-order valence-electron chi connectivity index (χ1n) is 15.3. The van der Waals surface area contributed by atoms with Gasteiger partial charge >= 0.3 is 23.9 Å². The molecule has 1 aliphatic heterocycles. The van der Waals surface area contributed by atoms with E-state index in [0.717, 1.165) is 14.0 Å². The molecule has 3 aliphatic carbocycles. The lowest BCUT2D eigenvalue weighted by atomic mass is 9.39. The van der Waals surface area contributed by atoms with E-state index in [0.29, 0.717) is 24.0 Å². The van der Waals surface area contributed by atoms with Gasteiger partial charge in [0, 0.05) is 40.2 Å². The molecule has 3 fully saturated rings. The largest absolute Gasteiger partial charge is 0.472 e. The Labute approximate surface area is 262 Å². The molecule has 0 spiro atoms. The number of fused-ring (bicyclic) bond motifs is 6. The highest BCUT2D eigenvalue weighted by Crippen LogP contribution is 2.69. The Morgan fingerprint density at radius 1 is 1.11 bits per heavy atom. The molecule has 2 saturated carbocycles. The number of furan rings is 1. The summed E-state index contributed by atoms with van der Waals surface area (Å²) in [7, 11) is 1.16. The molecule has 1 saturated heterocycles. The molecular weight excluding hydrogens is 584 g/mol. The lowest BCUT2D eigenvalue weighted by Crippen LogP contribution is -2.76. The number of ketones is 1. The lowest BCUT2D eigenvalue weighted by Gasteiger charge is -2.66. The highest BCUT2D eigenvalue weighted by atomic mass is 16.6. The van der Waals surface area contributed by atoms with Crippen molar-refractivity contribution in [3.63, 3.8) is 0 Å². The maximum Gasteiger partial charge on any atom is 0.347 e. The minimum Gasteiger partial charge on any atom is -0.472 e. The van der Waals surface area contributed by atoms with Gasteiger partial charge in [-0.3, -0.25) is 14.4 Å². The first-order valence-corrected chi connectivity index (χ1v) is 15.3. The van der Waals surface area contributed by atoms with Gasteiger partial charge in [0.1, 0.15) is 12.2 Å². The number of hydrogen-bond acceptors (Lipinski definition) is 11. The molecule has 0 radical (unpaired) electrons. The maximum absolute atomic E-state index is 14.8. The molecule has 45 heavy (non-hydrogen) atoms. The van der Waals surface area contributed by atoms with E-state index >= 15 is 0 Å². The predicted molar refractivity (Wildman–Crippen MR) is 157 cm³/mol. The monoisotopic (exact) mass is 626 g/mol. The van der Waals surface area contributed by atoms with Crippen molar-refractivity contribution in [1.82, 2.24) is 0 Å². The fraction of sp³-hybridized carbons (Fsp3) is 0.618. The van der Waals surface area contributed by atoms with Gasteiger partial charge in [0.05, 0.1) is 26.1 Å². The van der Waals surface area contributed by atoms with Crippen LogP contribution in [0.3, 0.4) is 0 Å². The predicted octanol–water partition coefficient (Wildman–Crippen LogP) is 4.19. The number of carbonyl (C=O) groups excluding carboxylic acids is 5. The summed E-state index contributed by atoms with van der Waals surface area (Å²) in [6.07, 6.45) is 3.35. The van der Waals surface area contributed by atoms with Crippen LogP contribution in [0.25, 0.3) is 0 Å². The Kier molecular flexibility index (Phi) is 7.95. The van der Waals surface area contributed by atoms with Crippen molar-refractivity contribution in [2.75, 3.05) is 7.11 Å². The molecule has 5 rings (SSSR count). The minimum atomic E-state index is -2.33. The van der Waals surface area contributed by atoms with Crippen LogP contribution in [0, 0.1) is 34.0 Å². The molecule has 1 N–H and O–H groups in total. The smallest absolute Gasteiger partial charge is 0.347 e. The number of esters is 4. The maximum atomic E-state index is 14.8. The zero-order valence-corrected chi connectivity index (χ0v) is 27.0. The molecule has 244 valence electrons. The van der Waals surface area contributed by atoms with E-state index in [2.05, 4.69) is 0 Å². The molecule has 2 heterocycles. The molecule has 0 amide bonds. The van der Waals surface area contributed by atoms with E-state index in [4.69, 9.17) is 23.4 Å². The first kappa shape index (κ1) is 32.7. The number of Topliss-reactive ketones (excluding diaryl/α,β-unsaturated/α-hetero) is 1. The summed E-state index contributed by atoms with van der Waals surface area (Å²) in [4.78, 5) is 67.0. The van der Waals surface area contributed by atoms with E-state index in [9.17, 15) is 29.1 Å². The molecule has 4 aliphatic rings. The Morgan fingerprint density at radius 3 is 2.38 bits per heavy atom. The normalized spacial score (nSPS) is 37.7. The third-order valence-electron chi connectivity index (χ3n) is 11.1. The van der Waals surface area contributed by atoms with Gasteiger partial charge in [-0.05, 0) is 50.7 Å². The van der Waals surface area contributed by atoms with Crippen molar-refractivity contribution in [2.24, 2.45) is 34.0 Å². The SMILES string of the molecule is C/C=C(\C)C(=O)OC1C(C)(C)[C@H]([C@@H](OC(C)=O)C(=O)OC)[C@]2(C)C(=O)[C@@]1(O)C=C1C3CC(=O)O[C@@H](c4ccoc4)[C@]3(C)CCC12. The van der Waals surface area contributed by atoms with Gasteiger partial charge in [0.15, 0.2) is 11.4 Å². The fourth-order valence-electron chi connectivity index (χ4n) is 9.06. The highest BCUT2D eigenvalue weighted by molar-refractivity contribution is 6.00. The van der Waals surface area contributed by atoms with Crippen LogP contribution in [0.5, 0.6) is 0 Å². The van der Waals surface area contributed by atoms with Crippen LogP contribution in [0.1, 0.15) is 79.4 Å². The molecule has 0 aromatic carbocycles. The average Bonchev–Trinajstić information content (AvgIpc) is 3.51. The average molecular weight is 627 g/mol. The van der Waals surface area contributed by atoms with Gasteiger partial charge < -0.3 is 28.5 Å². The van der Waals surface area contributed by atoms with E-state index in [-0.39, 0.29) is 12.0 Å². The number of carbonyl (C=O) groups is 5. The van der Waals surface area contributed by atoms with Crippen LogP contribution in [-0.4, -0.2) is 59.7 Å². The second-order valence-corrected chi connectivity index (χ2v) is 14.0. The first-order chi connectivity index (χ1) is 21.0. The lowest BCUT2D eigenvalue weighted by molar-refractivity contribution is -0.238. The summed E-state index contributed by atoms with van der Waals surface area (Å²) in [5.41, 5.74) is -4.20. The van der Waals surface area contributed by atoms with Crippen LogP contribution in [0.2, 0.25) is 0 Å². The molecule has 9 atom stereocenters. The van der Waals surface area contributed by atoms with Crippen molar-refractivity contribution >= 4 is 29.7 Å². The molecule has 1 aromatic heterocycles. The molecule has 11 nitrogen and oxygen atoms in total. The zero-order valence-electron chi connectivity index (χ0n) is 27.0. The summed E-state index contributed by atoms with van der Waals surface area (Å²) in [5, 5.41) is 12.6. The number of methoxy groups -OCH3 is 1. The van der Waals surface area contributed by atoms with Gasteiger partial charge in [-0.15, -0.1) is 0 Å². The van der Waals surface area contributed by atoms with E-state index in [1.165, 1.54) is 18.6 Å². The van der Waals surface area contributed by atoms with Gasteiger partial charge in [0.2, 0.25) is 6.10 Å². The second kappa shape index (κ2) is 11.0. The van der Waals surface area contributed by atoms with E-state index in [1.807, 2.05) is 6.92 Å². The van der Waals surface area contributed by atoms with Gasteiger partial charge in [-0.25, -0.2) is 9.59 Å². The highest BCUT2D eigenvalue weighted by Gasteiger charge is 2.76. The Morgan fingerprint density at radius 2 is 1.80 bits per heavy atom. The quantitative estimate of drug-likeness (QED) is 0.209. The molecule has 1 aromatic rings. The minimum absolute atomic E-state index is 0.00585. The fourth-order valence-corrected chi connectivity index (χ4v) is 9.06. The Bertz CT molecular complexity index is 1480. The summed E-state index contributed by atoms with van der Waals surface area (Å²) in [5.74, 6) is -5.63. The van der Waals surface area contributed by atoms with E-state index < -0.39 is 87.6 Å². The van der Waals surface area contributed by atoms with Crippen LogP contribution >= 0.6 is 0 Å². The summed E-state index contributed by atoms with van der Waals surface area (Å²) < 4.78 is 27.9. The van der Waals surface area contributed by atoms with Crippen LogP contribution in [0.4, 0.5) is 0 Å². The van der Waals surface area contributed by atoms with E-state index in [1.54, 1.807) is 46.8 Å². The molecule has 3 unspecified atom stereocenters.